The van der Waals surface area contributed by atoms with Crippen LogP contribution in [0.25, 0.3) is 0 Å². The molecule has 4 nitrogen and oxygen atoms in total. The predicted molar refractivity (Wildman–Crippen MR) is 64.5 cm³/mol. The monoisotopic (exact) mass is 268 g/mol. The second kappa shape index (κ2) is 4.95. The lowest BCUT2D eigenvalue weighted by atomic mass is 10.1. The first-order chi connectivity index (χ1) is 8.92. The minimum Gasteiger partial charge on any atom is -0.345 e. The Hall–Kier alpha value is -1.98. The molecule has 19 heavy (non-hydrogen) atoms. The average Bonchev–Trinajstić information content (AvgIpc) is 2.40. The van der Waals surface area contributed by atoms with Crippen LogP contribution in [0.15, 0.2) is 30.3 Å². The predicted octanol–water partition coefficient (Wildman–Crippen LogP) is 1.13. The number of nitrogens with zero attached hydrogens (tertiary/aromatic N) is 1. The molecule has 1 N–H and O–H groups in total. The van der Waals surface area contributed by atoms with E-state index in [2.05, 4.69) is 5.32 Å². The number of amides is 2. The Bertz CT molecular complexity index is 491. The summed E-state index contributed by atoms with van der Waals surface area (Å²) in [5.74, 6) is -4.09. The van der Waals surface area contributed by atoms with Gasteiger partial charge in [-0.25, -0.2) is 0 Å². The molecule has 1 heterocycles. The Morgan fingerprint density at radius 2 is 1.95 bits per heavy atom. The number of carbonyl (C=O) groups is 2. The SMILES string of the molecule is CC1C(=O)NCC(=O)N1CC(F)(F)c1ccccc1. The molecule has 1 saturated heterocycles. The molecule has 0 bridgehead atoms. The summed E-state index contributed by atoms with van der Waals surface area (Å²) < 4.78 is 28.2. The molecule has 2 amide bonds. The van der Waals surface area contributed by atoms with Crippen molar-refractivity contribution < 1.29 is 18.4 Å². The number of alkyl halides is 2. The van der Waals surface area contributed by atoms with Crippen LogP contribution in [-0.2, 0) is 15.5 Å². The van der Waals surface area contributed by atoms with Crippen LogP contribution in [0.1, 0.15) is 12.5 Å². The molecule has 0 spiro atoms. The minimum absolute atomic E-state index is 0.166. The van der Waals surface area contributed by atoms with Crippen molar-refractivity contribution in [2.24, 2.45) is 0 Å². The molecule has 1 unspecified atom stereocenters. The molecule has 1 aliphatic heterocycles. The fourth-order valence-corrected chi connectivity index (χ4v) is 1.98. The van der Waals surface area contributed by atoms with Crippen LogP contribution < -0.4 is 5.32 Å². The molecule has 0 aliphatic carbocycles. The van der Waals surface area contributed by atoms with Crippen LogP contribution >= 0.6 is 0 Å². The van der Waals surface area contributed by atoms with E-state index in [1.54, 1.807) is 6.07 Å². The number of hydrogen-bond donors (Lipinski definition) is 1. The van der Waals surface area contributed by atoms with E-state index in [9.17, 15) is 18.4 Å². The Morgan fingerprint density at radius 3 is 2.58 bits per heavy atom. The average molecular weight is 268 g/mol. The minimum atomic E-state index is -3.18. The van der Waals surface area contributed by atoms with Gasteiger partial charge in [0.2, 0.25) is 11.8 Å². The summed E-state index contributed by atoms with van der Waals surface area (Å²) >= 11 is 0. The number of benzene rings is 1. The number of nitrogens with one attached hydrogen (secondary N) is 1. The van der Waals surface area contributed by atoms with E-state index in [1.165, 1.54) is 31.2 Å². The summed E-state index contributed by atoms with van der Waals surface area (Å²) in [7, 11) is 0. The molecule has 6 heteroatoms. The fourth-order valence-electron chi connectivity index (χ4n) is 1.98. The van der Waals surface area contributed by atoms with Crippen molar-refractivity contribution in [1.82, 2.24) is 10.2 Å². The molecule has 1 aliphatic rings. The van der Waals surface area contributed by atoms with Crippen LogP contribution in [0.4, 0.5) is 8.78 Å². The van der Waals surface area contributed by atoms with Crippen molar-refractivity contribution in [2.45, 2.75) is 18.9 Å². The Labute approximate surface area is 109 Å². The molecule has 1 aromatic rings. The van der Waals surface area contributed by atoms with Crippen molar-refractivity contribution in [2.75, 3.05) is 13.1 Å². The summed E-state index contributed by atoms with van der Waals surface area (Å²) in [6.45, 7) is 0.423. The zero-order valence-electron chi connectivity index (χ0n) is 10.4. The van der Waals surface area contributed by atoms with Crippen molar-refractivity contribution in [3.8, 4) is 0 Å². The normalized spacial score (nSPS) is 20.4. The van der Waals surface area contributed by atoms with E-state index in [-0.39, 0.29) is 12.1 Å². The molecular weight excluding hydrogens is 254 g/mol. The zero-order chi connectivity index (χ0) is 14.0. The van der Waals surface area contributed by atoms with Gasteiger partial charge in [-0.15, -0.1) is 0 Å². The molecular formula is C13H14F2N2O2. The third kappa shape index (κ3) is 2.72. The van der Waals surface area contributed by atoms with Gasteiger partial charge < -0.3 is 10.2 Å². The van der Waals surface area contributed by atoms with Gasteiger partial charge in [-0.2, -0.15) is 8.78 Å². The molecule has 0 aromatic heterocycles. The third-order valence-corrected chi connectivity index (χ3v) is 3.15. The van der Waals surface area contributed by atoms with Gasteiger partial charge in [0.25, 0.3) is 5.92 Å². The highest BCUT2D eigenvalue weighted by atomic mass is 19.3. The number of carbonyl (C=O) groups excluding carboxylic acids is 2. The number of hydrogen-bond acceptors (Lipinski definition) is 2. The van der Waals surface area contributed by atoms with Crippen LogP contribution in [-0.4, -0.2) is 35.8 Å². The lowest BCUT2D eigenvalue weighted by molar-refractivity contribution is -0.151. The standard InChI is InChI=1S/C13H14F2N2O2/c1-9-12(19)16-7-11(18)17(9)8-13(14,15)10-5-3-2-4-6-10/h2-6,9H,7-8H2,1H3,(H,16,19). The van der Waals surface area contributed by atoms with Crippen molar-refractivity contribution >= 4 is 11.8 Å². The molecule has 0 saturated carbocycles. The quantitative estimate of drug-likeness (QED) is 0.893. The van der Waals surface area contributed by atoms with Crippen molar-refractivity contribution in [3.05, 3.63) is 35.9 Å². The van der Waals surface area contributed by atoms with E-state index in [1.807, 2.05) is 0 Å². The second-order valence-corrected chi connectivity index (χ2v) is 4.49. The van der Waals surface area contributed by atoms with Crippen LogP contribution in [0.2, 0.25) is 0 Å². The highest BCUT2D eigenvalue weighted by Crippen LogP contribution is 2.29. The van der Waals surface area contributed by atoms with E-state index < -0.39 is 30.3 Å². The smallest absolute Gasteiger partial charge is 0.290 e. The van der Waals surface area contributed by atoms with Crippen LogP contribution in [0, 0.1) is 0 Å². The van der Waals surface area contributed by atoms with Gasteiger partial charge in [0.15, 0.2) is 0 Å². The Kier molecular flexibility index (Phi) is 3.50. The molecule has 102 valence electrons. The van der Waals surface area contributed by atoms with E-state index >= 15 is 0 Å². The Morgan fingerprint density at radius 1 is 1.32 bits per heavy atom. The summed E-state index contributed by atoms with van der Waals surface area (Å²) in [4.78, 5) is 24.0. The van der Waals surface area contributed by atoms with Crippen LogP contribution in [0.5, 0.6) is 0 Å². The first-order valence-corrected chi connectivity index (χ1v) is 5.92. The number of rotatable bonds is 3. The van der Waals surface area contributed by atoms with Crippen molar-refractivity contribution in [3.63, 3.8) is 0 Å². The Balaban J connectivity index is 2.19. The van der Waals surface area contributed by atoms with E-state index in [0.29, 0.717) is 0 Å². The van der Waals surface area contributed by atoms with Gasteiger partial charge in [0.05, 0.1) is 13.1 Å². The van der Waals surface area contributed by atoms with Gasteiger partial charge in [0, 0.05) is 5.56 Å². The van der Waals surface area contributed by atoms with Gasteiger partial charge in [0.1, 0.15) is 6.04 Å². The van der Waals surface area contributed by atoms with E-state index in [4.69, 9.17) is 0 Å². The molecule has 0 radical (unpaired) electrons. The first-order valence-electron chi connectivity index (χ1n) is 5.92. The highest BCUT2D eigenvalue weighted by Gasteiger charge is 2.40. The number of piperazine rings is 1. The zero-order valence-corrected chi connectivity index (χ0v) is 10.4. The first kappa shape index (κ1) is 13.5. The molecule has 2 rings (SSSR count). The number of halogens is 2. The lowest BCUT2D eigenvalue weighted by Gasteiger charge is -2.35. The fraction of sp³-hybridized carbons (Fsp3) is 0.385. The van der Waals surface area contributed by atoms with E-state index in [0.717, 1.165) is 4.90 Å². The molecule has 1 aromatic carbocycles. The highest BCUT2D eigenvalue weighted by molar-refractivity contribution is 5.94. The third-order valence-electron chi connectivity index (χ3n) is 3.15. The molecule has 1 fully saturated rings. The van der Waals surface area contributed by atoms with Gasteiger partial charge >= 0.3 is 0 Å². The second-order valence-electron chi connectivity index (χ2n) is 4.49. The maximum absolute atomic E-state index is 14.1. The van der Waals surface area contributed by atoms with Gasteiger partial charge in [-0.05, 0) is 6.92 Å². The van der Waals surface area contributed by atoms with Gasteiger partial charge in [-0.3, -0.25) is 9.59 Å². The maximum atomic E-state index is 14.1. The largest absolute Gasteiger partial charge is 0.345 e. The molecule has 1 atom stereocenters. The van der Waals surface area contributed by atoms with Crippen molar-refractivity contribution in [1.29, 1.82) is 0 Å². The van der Waals surface area contributed by atoms with Gasteiger partial charge in [-0.1, -0.05) is 30.3 Å². The topological polar surface area (TPSA) is 49.4 Å². The lowest BCUT2D eigenvalue weighted by Crippen LogP contribution is -2.59. The maximum Gasteiger partial charge on any atom is 0.290 e. The summed E-state index contributed by atoms with van der Waals surface area (Å²) in [5, 5.41) is 2.36. The van der Waals surface area contributed by atoms with Crippen LogP contribution in [0.3, 0.4) is 0 Å². The summed E-state index contributed by atoms with van der Waals surface area (Å²) in [6.07, 6.45) is 0. The summed E-state index contributed by atoms with van der Waals surface area (Å²) in [6, 6.07) is 6.39. The summed E-state index contributed by atoms with van der Waals surface area (Å²) in [5.41, 5.74) is -0.166.